The Morgan fingerprint density at radius 3 is 2.56 bits per heavy atom. The van der Waals surface area contributed by atoms with Crippen molar-refractivity contribution in [2.24, 2.45) is 0 Å². The molecule has 0 amide bonds. The van der Waals surface area contributed by atoms with Crippen molar-refractivity contribution in [1.82, 2.24) is 15.0 Å². The number of nitrogens with one attached hydrogen (secondary N) is 1. The summed E-state index contributed by atoms with van der Waals surface area (Å²) in [5.41, 5.74) is 2.58. The molecule has 3 aromatic rings. The molecule has 18 heavy (non-hydrogen) atoms. The van der Waals surface area contributed by atoms with Crippen molar-refractivity contribution in [2.45, 2.75) is 0 Å². The first-order valence-electron chi connectivity index (χ1n) is 5.73. The van der Waals surface area contributed by atoms with Crippen LogP contribution in [-0.4, -0.2) is 22.0 Å². The fourth-order valence-corrected chi connectivity index (χ4v) is 1.80. The number of nitrogens with zero attached hydrogens (tertiary/aromatic N) is 3. The Kier molecular flexibility index (Phi) is 2.61. The molecule has 0 aliphatic carbocycles. The zero-order valence-corrected chi connectivity index (χ0v) is 9.96. The molecule has 2 aromatic heterocycles. The second kappa shape index (κ2) is 4.41. The predicted molar refractivity (Wildman–Crippen MR) is 72.3 cm³/mol. The Labute approximate surface area is 105 Å². The zero-order valence-electron chi connectivity index (χ0n) is 9.96. The van der Waals surface area contributed by atoms with E-state index >= 15 is 0 Å². The first-order chi connectivity index (χ1) is 8.86. The second-order valence-electron chi connectivity index (χ2n) is 3.93. The van der Waals surface area contributed by atoms with Crippen molar-refractivity contribution >= 4 is 16.7 Å². The number of anilines is 1. The fourth-order valence-electron chi connectivity index (χ4n) is 1.80. The molecular formula is C14H12N4. The molecule has 0 bridgehead atoms. The lowest BCUT2D eigenvalue weighted by Crippen LogP contribution is -1.95. The smallest absolute Gasteiger partial charge is 0.144 e. The van der Waals surface area contributed by atoms with E-state index in [0.29, 0.717) is 0 Å². The Morgan fingerprint density at radius 2 is 1.78 bits per heavy atom. The maximum absolute atomic E-state index is 4.58. The van der Waals surface area contributed by atoms with E-state index in [4.69, 9.17) is 0 Å². The zero-order chi connectivity index (χ0) is 12.4. The lowest BCUT2D eigenvalue weighted by Gasteiger charge is -2.03. The van der Waals surface area contributed by atoms with Gasteiger partial charge in [-0.2, -0.15) is 0 Å². The lowest BCUT2D eigenvalue weighted by molar-refractivity contribution is 1.17. The van der Waals surface area contributed by atoms with Crippen LogP contribution in [0.15, 0.2) is 48.8 Å². The first-order valence-corrected chi connectivity index (χ1v) is 5.73. The third-order valence-corrected chi connectivity index (χ3v) is 2.77. The normalized spacial score (nSPS) is 10.5. The molecule has 4 heteroatoms. The quantitative estimate of drug-likeness (QED) is 0.743. The van der Waals surface area contributed by atoms with Gasteiger partial charge in [0.2, 0.25) is 0 Å². The summed E-state index contributed by atoms with van der Waals surface area (Å²) in [6, 6.07) is 12.0. The third-order valence-electron chi connectivity index (χ3n) is 2.77. The van der Waals surface area contributed by atoms with Crippen molar-refractivity contribution in [2.75, 3.05) is 12.4 Å². The van der Waals surface area contributed by atoms with E-state index in [0.717, 1.165) is 28.1 Å². The number of fused-ring (bicyclic) bond motifs is 1. The molecule has 0 saturated carbocycles. The van der Waals surface area contributed by atoms with Crippen molar-refractivity contribution in [3.05, 3.63) is 48.8 Å². The van der Waals surface area contributed by atoms with Crippen LogP contribution in [0.2, 0.25) is 0 Å². The minimum Gasteiger partial charge on any atom is -0.372 e. The van der Waals surface area contributed by atoms with Gasteiger partial charge in [0, 0.05) is 12.4 Å². The van der Waals surface area contributed by atoms with E-state index in [2.05, 4.69) is 20.3 Å². The van der Waals surface area contributed by atoms with E-state index in [-0.39, 0.29) is 0 Å². The number of para-hydroxylation sites is 1. The van der Waals surface area contributed by atoms with Crippen LogP contribution in [0.25, 0.3) is 22.3 Å². The van der Waals surface area contributed by atoms with Crippen LogP contribution in [0.4, 0.5) is 5.82 Å². The molecule has 0 radical (unpaired) electrons. The molecule has 1 aromatic carbocycles. The van der Waals surface area contributed by atoms with Crippen molar-refractivity contribution in [3.8, 4) is 11.4 Å². The third kappa shape index (κ3) is 1.88. The number of aromatic nitrogens is 3. The topological polar surface area (TPSA) is 50.7 Å². The molecule has 3 rings (SSSR count). The molecule has 0 fully saturated rings. The summed E-state index contributed by atoms with van der Waals surface area (Å²) in [5, 5.41) is 4.07. The average molecular weight is 236 g/mol. The summed E-state index contributed by atoms with van der Waals surface area (Å²) in [6.45, 7) is 0. The predicted octanol–water partition coefficient (Wildman–Crippen LogP) is 2.73. The molecule has 2 heterocycles. The van der Waals surface area contributed by atoms with Crippen LogP contribution in [0.5, 0.6) is 0 Å². The number of hydrogen-bond acceptors (Lipinski definition) is 4. The largest absolute Gasteiger partial charge is 0.372 e. The molecule has 4 nitrogen and oxygen atoms in total. The van der Waals surface area contributed by atoms with Crippen molar-refractivity contribution in [1.29, 1.82) is 0 Å². The van der Waals surface area contributed by atoms with Crippen LogP contribution in [0, 0.1) is 0 Å². The molecule has 0 saturated heterocycles. The highest BCUT2D eigenvalue weighted by Crippen LogP contribution is 2.18. The van der Waals surface area contributed by atoms with Crippen molar-refractivity contribution in [3.63, 3.8) is 0 Å². The summed E-state index contributed by atoms with van der Waals surface area (Å²) < 4.78 is 0. The fraction of sp³-hybridized carbons (Fsp3) is 0.0714. The van der Waals surface area contributed by atoms with Gasteiger partial charge in [-0.1, -0.05) is 24.3 Å². The Bertz CT molecular complexity index is 677. The van der Waals surface area contributed by atoms with Gasteiger partial charge in [-0.05, 0) is 12.1 Å². The van der Waals surface area contributed by atoms with Gasteiger partial charge in [0.05, 0.1) is 23.6 Å². The molecule has 0 aliphatic rings. The Morgan fingerprint density at radius 1 is 0.889 bits per heavy atom. The van der Waals surface area contributed by atoms with Crippen LogP contribution >= 0.6 is 0 Å². The van der Waals surface area contributed by atoms with Gasteiger partial charge in [0.1, 0.15) is 11.5 Å². The summed E-state index contributed by atoms with van der Waals surface area (Å²) in [4.78, 5) is 13.2. The second-order valence-corrected chi connectivity index (χ2v) is 3.93. The lowest BCUT2D eigenvalue weighted by atomic mass is 10.2. The standard InChI is InChI=1S/C14H12N4/c1-15-14-9-16-13(8-17-14)12-7-6-10-4-2-3-5-11(10)18-12/h2-9H,1H3,(H,15,17). The van der Waals surface area contributed by atoms with Gasteiger partial charge in [-0.3, -0.25) is 0 Å². The van der Waals surface area contributed by atoms with E-state index in [1.807, 2.05) is 43.4 Å². The molecule has 88 valence electrons. The summed E-state index contributed by atoms with van der Waals surface area (Å²) in [6.07, 6.45) is 3.43. The molecular weight excluding hydrogens is 224 g/mol. The van der Waals surface area contributed by atoms with Gasteiger partial charge in [-0.25, -0.2) is 15.0 Å². The highest BCUT2D eigenvalue weighted by atomic mass is 15.0. The van der Waals surface area contributed by atoms with E-state index < -0.39 is 0 Å². The first kappa shape index (κ1) is 10.7. The Balaban J connectivity index is 2.07. The maximum atomic E-state index is 4.58. The summed E-state index contributed by atoms with van der Waals surface area (Å²) in [5.74, 6) is 0.750. The van der Waals surface area contributed by atoms with Gasteiger partial charge in [0.15, 0.2) is 0 Å². The maximum Gasteiger partial charge on any atom is 0.144 e. The monoisotopic (exact) mass is 236 g/mol. The molecule has 0 spiro atoms. The van der Waals surface area contributed by atoms with Crippen LogP contribution < -0.4 is 5.32 Å². The highest BCUT2D eigenvalue weighted by Gasteiger charge is 2.03. The number of hydrogen-bond donors (Lipinski definition) is 1. The molecule has 0 atom stereocenters. The van der Waals surface area contributed by atoms with E-state index in [9.17, 15) is 0 Å². The van der Waals surface area contributed by atoms with Crippen LogP contribution in [-0.2, 0) is 0 Å². The molecule has 0 unspecified atom stereocenters. The minimum atomic E-state index is 0.750. The van der Waals surface area contributed by atoms with E-state index in [1.54, 1.807) is 12.4 Å². The SMILES string of the molecule is CNc1cnc(-c2ccc3ccccc3n2)cn1. The summed E-state index contributed by atoms with van der Waals surface area (Å²) >= 11 is 0. The van der Waals surface area contributed by atoms with Crippen molar-refractivity contribution < 1.29 is 0 Å². The van der Waals surface area contributed by atoms with Crippen LogP contribution in [0.3, 0.4) is 0 Å². The molecule has 1 N–H and O–H groups in total. The van der Waals surface area contributed by atoms with Crippen LogP contribution in [0.1, 0.15) is 0 Å². The number of rotatable bonds is 2. The average Bonchev–Trinajstić information content (AvgIpc) is 2.47. The van der Waals surface area contributed by atoms with Gasteiger partial charge >= 0.3 is 0 Å². The summed E-state index contributed by atoms with van der Waals surface area (Å²) in [7, 11) is 1.82. The van der Waals surface area contributed by atoms with Gasteiger partial charge in [0.25, 0.3) is 0 Å². The molecule has 0 aliphatic heterocycles. The minimum absolute atomic E-state index is 0.750. The Hall–Kier alpha value is -2.49. The van der Waals surface area contributed by atoms with Gasteiger partial charge in [-0.15, -0.1) is 0 Å². The van der Waals surface area contributed by atoms with Gasteiger partial charge < -0.3 is 5.32 Å². The number of benzene rings is 1. The highest BCUT2D eigenvalue weighted by molar-refractivity contribution is 5.80. The number of pyridine rings is 1. The van der Waals surface area contributed by atoms with E-state index in [1.165, 1.54) is 0 Å².